The van der Waals surface area contributed by atoms with E-state index in [2.05, 4.69) is 24.2 Å². The molecule has 0 unspecified atom stereocenters. The zero-order valence-corrected chi connectivity index (χ0v) is 9.41. The predicted octanol–water partition coefficient (Wildman–Crippen LogP) is 2.18. The summed E-state index contributed by atoms with van der Waals surface area (Å²) >= 11 is 0. The summed E-state index contributed by atoms with van der Waals surface area (Å²) in [6.07, 6.45) is 0.980. The Labute approximate surface area is 90.4 Å². The van der Waals surface area contributed by atoms with Crippen LogP contribution in [0.5, 0.6) is 0 Å². The largest absolute Gasteiger partial charge is 0.277 e. The fraction of sp³-hybridized carbons (Fsp3) is 0.417. The standard InChI is InChI=1S/C12H17NO2/c1-9(2)7-10-5-4-6-11(8-10)12(14)13-15-3/h4-6,8-9H,7H2,1-3H3,(H,13,14). The molecule has 15 heavy (non-hydrogen) atoms. The van der Waals surface area contributed by atoms with Crippen molar-refractivity contribution in [3.05, 3.63) is 35.4 Å². The van der Waals surface area contributed by atoms with Gasteiger partial charge in [0.1, 0.15) is 0 Å². The minimum Gasteiger partial charge on any atom is -0.277 e. The molecule has 0 saturated carbocycles. The first-order valence-electron chi connectivity index (χ1n) is 5.05. The number of amides is 1. The van der Waals surface area contributed by atoms with Gasteiger partial charge in [-0.25, -0.2) is 5.48 Å². The summed E-state index contributed by atoms with van der Waals surface area (Å²) in [5.74, 6) is 0.383. The molecule has 1 aromatic rings. The number of carbonyl (C=O) groups excluding carboxylic acids is 1. The van der Waals surface area contributed by atoms with E-state index in [9.17, 15) is 4.79 Å². The number of carbonyl (C=O) groups is 1. The highest BCUT2D eigenvalue weighted by atomic mass is 16.6. The molecule has 0 bridgehead atoms. The van der Waals surface area contributed by atoms with E-state index >= 15 is 0 Å². The van der Waals surface area contributed by atoms with Crippen LogP contribution >= 0.6 is 0 Å². The van der Waals surface area contributed by atoms with Crippen LogP contribution in [0.3, 0.4) is 0 Å². The van der Waals surface area contributed by atoms with E-state index < -0.39 is 0 Å². The van der Waals surface area contributed by atoms with Gasteiger partial charge < -0.3 is 0 Å². The maximum atomic E-state index is 11.4. The Morgan fingerprint density at radius 3 is 2.80 bits per heavy atom. The van der Waals surface area contributed by atoms with Gasteiger partial charge >= 0.3 is 0 Å². The van der Waals surface area contributed by atoms with E-state index in [-0.39, 0.29) is 5.91 Å². The van der Waals surface area contributed by atoms with Gasteiger partial charge in [-0.2, -0.15) is 0 Å². The third-order valence-corrected chi connectivity index (χ3v) is 2.03. The molecule has 0 atom stereocenters. The van der Waals surface area contributed by atoms with Gasteiger partial charge in [-0.05, 0) is 30.0 Å². The Morgan fingerprint density at radius 1 is 1.47 bits per heavy atom. The summed E-state index contributed by atoms with van der Waals surface area (Å²) in [6, 6.07) is 7.60. The molecule has 3 heteroatoms. The lowest BCUT2D eigenvalue weighted by Crippen LogP contribution is -2.21. The number of hydroxylamine groups is 1. The third kappa shape index (κ3) is 3.72. The highest BCUT2D eigenvalue weighted by Gasteiger charge is 2.05. The second-order valence-electron chi connectivity index (χ2n) is 3.93. The zero-order valence-electron chi connectivity index (χ0n) is 9.41. The van der Waals surface area contributed by atoms with Gasteiger partial charge in [0.2, 0.25) is 0 Å². The lowest BCUT2D eigenvalue weighted by molar-refractivity contribution is 0.0537. The van der Waals surface area contributed by atoms with Gasteiger partial charge in [0.25, 0.3) is 5.91 Å². The smallest absolute Gasteiger partial charge is 0.274 e. The minimum absolute atomic E-state index is 0.205. The number of benzene rings is 1. The summed E-state index contributed by atoms with van der Waals surface area (Å²) in [5.41, 5.74) is 4.11. The molecule has 0 radical (unpaired) electrons. The number of hydrogen-bond donors (Lipinski definition) is 1. The molecule has 0 fully saturated rings. The summed E-state index contributed by atoms with van der Waals surface area (Å²) < 4.78 is 0. The first-order valence-corrected chi connectivity index (χ1v) is 5.05. The van der Waals surface area contributed by atoms with E-state index in [0.29, 0.717) is 11.5 Å². The normalized spacial score (nSPS) is 10.4. The monoisotopic (exact) mass is 207 g/mol. The van der Waals surface area contributed by atoms with Gasteiger partial charge in [0, 0.05) is 5.56 Å². The molecule has 0 aliphatic heterocycles. The average molecular weight is 207 g/mol. The van der Waals surface area contributed by atoms with E-state index in [1.165, 1.54) is 12.7 Å². The fourth-order valence-electron chi connectivity index (χ4n) is 1.46. The molecule has 0 spiro atoms. The molecule has 1 N–H and O–H groups in total. The van der Waals surface area contributed by atoms with Crippen molar-refractivity contribution in [2.75, 3.05) is 7.11 Å². The van der Waals surface area contributed by atoms with Crippen molar-refractivity contribution in [2.45, 2.75) is 20.3 Å². The summed E-state index contributed by atoms with van der Waals surface area (Å²) in [6.45, 7) is 4.31. The van der Waals surface area contributed by atoms with Gasteiger partial charge in [0.15, 0.2) is 0 Å². The van der Waals surface area contributed by atoms with E-state index in [4.69, 9.17) is 0 Å². The van der Waals surface area contributed by atoms with E-state index in [0.717, 1.165) is 6.42 Å². The number of nitrogens with one attached hydrogen (secondary N) is 1. The van der Waals surface area contributed by atoms with Crippen LogP contribution in [0.25, 0.3) is 0 Å². The number of hydrogen-bond acceptors (Lipinski definition) is 2. The SMILES string of the molecule is CONC(=O)c1cccc(CC(C)C)c1. The van der Waals surface area contributed by atoms with Crippen LogP contribution in [0.2, 0.25) is 0 Å². The molecular formula is C12H17NO2. The molecular weight excluding hydrogens is 190 g/mol. The summed E-state index contributed by atoms with van der Waals surface area (Å²) in [5, 5.41) is 0. The molecule has 1 aromatic carbocycles. The second-order valence-corrected chi connectivity index (χ2v) is 3.93. The van der Waals surface area contributed by atoms with Crippen molar-refractivity contribution in [2.24, 2.45) is 5.92 Å². The molecule has 0 aliphatic carbocycles. The Balaban J connectivity index is 2.78. The molecule has 0 aromatic heterocycles. The van der Waals surface area contributed by atoms with Crippen LogP contribution in [0.4, 0.5) is 0 Å². The van der Waals surface area contributed by atoms with Crippen molar-refractivity contribution in [3.8, 4) is 0 Å². The van der Waals surface area contributed by atoms with Crippen LogP contribution in [0.15, 0.2) is 24.3 Å². The van der Waals surface area contributed by atoms with Gasteiger partial charge in [-0.15, -0.1) is 0 Å². The first kappa shape index (κ1) is 11.7. The fourth-order valence-corrected chi connectivity index (χ4v) is 1.46. The molecule has 1 amide bonds. The molecule has 82 valence electrons. The minimum atomic E-state index is -0.205. The molecule has 0 aliphatic rings. The van der Waals surface area contributed by atoms with Crippen molar-refractivity contribution < 1.29 is 9.63 Å². The topological polar surface area (TPSA) is 38.3 Å². The number of rotatable bonds is 4. The van der Waals surface area contributed by atoms with Crippen LogP contribution in [-0.2, 0) is 11.3 Å². The Morgan fingerprint density at radius 2 is 2.20 bits per heavy atom. The molecule has 0 saturated heterocycles. The third-order valence-electron chi connectivity index (χ3n) is 2.03. The maximum Gasteiger partial charge on any atom is 0.274 e. The molecule has 3 nitrogen and oxygen atoms in total. The maximum absolute atomic E-state index is 11.4. The predicted molar refractivity (Wildman–Crippen MR) is 59.5 cm³/mol. The highest BCUT2D eigenvalue weighted by molar-refractivity contribution is 5.93. The quantitative estimate of drug-likeness (QED) is 0.768. The van der Waals surface area contributed by atoms with Crippen LogP contribution in [0.1, 0.15) is 29.8 Å². The van der Waals surface area contributed by atoms with Crippen molar-refractivity contribution in [3.63, 3.8) is 0 Å². The summed E-state index contributed by atoms with van der Waals surface area (Å²) in [7, 11) is 1.43. The van der Waals surface area contributed by atoms with E-state index in [1.54, 1.807) is 6.07 Å². The van der Waals surface area contributed by atoms with Gasteiger partial charge in [-0.3, -0.25) is 9.63 Å². The van der Waals surface area contributed by atoms with Gasteiger partial charge in [-0.1, -0.05) is 26.0 Å². The van der Waals surface area contributed by atoms with Crippen molar-refractivity contribution in [1.29, 1.82) is 0 Å². The van der Waals surface area contributed by atoms with Crippen molar-refractivity contribution >= 4 is 5.91 Å². The Bertz CT molecular complexity index is 334. The first-order chi connectivity index (χ1) is 7.13. The molecule has 1 rings (SSSR count). The van der Waals surface area contributed by atoms with Crippen LogP contribution in [-0.4, -0.2) is 13.0 Å². The van der Waals surface area contributed by atoms with Crippen LogP contribution < -0.4 is 5.48 Å². The van der Waals surface area contributed by atoms with E-state index in [1.807, 2.05) is 18.2 Å². The second kappa shape index (κ2) is 5.51. The average Bonchev–Trinajstić information content (AvgIpc) is 2.17. The summed E-state index contributed by atoms with van der Waals surface area (Å²) in [4.78, 5) is 16.0. The lowest BCUT2D eigenvalue weighted by atomic mass is 10.0. The van der Waals surface area contributed by atoms with Crippen LogP contribution in [0, 0.1) is 5.92 Å². The highest BCUT2D eigenvalue weighted by Crippen LogP contribution is 2.10. The lowest BCUT2D eigenvalue weighted by Gasteiger charge is -2.07. The van der Waals surface area contributed by atoms with Gasteiger partial charge in [0.05, 0.1) is 7.11 Å². The Hall–Kier alpha value is -1.35. The van der Waals surface area contributed by atoms with Crippen molar-refractivity contribution in [1.82, 2.24) is 5.48 Å². The zero-order chi connectivity index (χ0) is 11.3. The Kier molecular flexibility index (Phi) is 4.31. The molecule has 0 heterocycles.